The predicted octanol–water partition coefficient (Wildman–Crippen LogP) is 4.21. The van der Waals surface area contributed by atoms with Crippen LogP contribution in [0.15, 0.2) is 18.2 Å². The van der Waals surface area contributed by atoms with Gasteiger partial charge >= 0.3 is 6.09 Å². The molecule has 0 aliphatic carbocycles. The predicted molar refractivity (Wildman–Crippen MR) is 102 cm³/mol. The SMILES string of the molecule is CC(C)(C)OC(=O)N1CCCC1COc1cccc2c1OC(C)(C)CC2=O. The van der Waals surface area contributed by atoms with E-state index < -0.39 is 11.2 Å². The molecule has 27 heavy (non-hydrogen) atoms. The fourth-order valence-corrected chi connectivity index (χ4v) is 3.50. The first-order chi connectivity index (χ1) is 12.6. The third-order valence-corrected chi connectivity index (χ3v) is 4.68. The molecule has 6 nitrogen and oxygen atoms in total. The minimum absolute atomic E-state index is 0.0528. The highest BCUT2D eigenvalue weighted by Gasteiger charge is 2.36. The molecule has 0 aromatic heterocycles. The number of amides is 1. The minimum atomic E-state index is -0.556. The molecule has 0 radical (unpaired) electrons. The Kier molecular flexibility index (Phi) is 5.10. The van der Waals surface area contributed by atoms with Crippen LogP contribution in [-0.4, -0.2) is 47.2 Å². The zero-order chi connectivity index (χ0) is 19.8. The van der Waals surface area contributed by atoms with E-state index in [1.807, 2.05) is 34.6 Å². The summed E-state index contributed by atoms with van der Waals surface area (Å²) < 4.78 is 17.5. The van der Waals surface area contributed by atoms with E-state index in [9.17, 15) is 9.59 Å². The Morgan fingerprint density at radius 2 is 2.07 bits per heavy atom. The first-order valence-corrected chi connectivity index (χ1v) is 9.53. The normalized spacial score (nSPS) is 21.4. The van der Waals surface area contributed by atoms with Crippen LogP contribution in [0.5, 0.6) is 11.5 Å². The first-order valence-electron chi connectivity index (χ1n) is 9.53. The molecule has 0 spiro atoms. The van der Waals surface area contributed by atoms with Gasteiger partial charge in [0.15, 0.2) is 17.3 Å². The summed E-state index contributed by atoms with van der Waals surface area (Å²) in [6, 6.07) is 5.32. The van der Waals surface area contributed by atoms with Gasteiger partial charge in [-0.1, -0.05) is 6.07 Å². The van der Waals surface area contributed by atoms with Crippen molar-refractivity contribution in [2.75, 3.05) is 13.2 Å². The van der Waals surface area contributed by atoms with E-state index in [4.69, 9.17) is 14.2 Å². The Balaban J connectivity index is 1.71. The van der Waals surface area contributed by atoms with Crippen LogP contribution < -0.4 is 9.47 Å². The van der Waals surface area contributed by atoms with Crippen molar-refractivity contribution in [3.63, 3.8) is 0 Å². The summed E-state index contributed by atoms with van der Waals surface area (Å²) in [6.45, 7) is 10.4. The van der Waals surface area contributed by atoms with Crippen LogP contribution in [0.3, 0.4) is 0 Å². The molecule has 2 aliphatic heterocycles. The smallest absolute Gasteiger partial charge is 0.410 e. The number of ether oxygens (including phenoxy) is 3. The molecule has 1 atom stereocenters. The van der Waals surface area contributed by atoms with Gasteiger partial charge in [0.2, 0.25) is 0 Å². The van der Waals surface area contributed by atoms with Crippen LogP contribution in [-0.2, 0) is 4.74 Å². The van der Waals surface area contributed by atoms with Gasteiger partial charge in [0.05, 0.1) is 18.0 Å². The summed E-state index contributed by atoms with van der Waals surface area (Å²) in [4.78, 5) is 26.5. The molecule has 0 bridgehead atoms. The Bertz CT molecular complexity index is 735. The van der Waals surface area contributed by atoms with Gasteiger partial charge in [0.25, 0.3) is 0 Å². The number of ketones is 1. The van der Waals surface area contributed by atoms with Gasteiger partial charge in [-0.3, -0.25) is 4.79 Å². The second kappa shape index (κ2) is 7.06. The third-order valence-electron chi connectivity index (χ3n) is 4.68. The Hall–Kier alpha value is -2.24. The van der Waals surface area contributed by atoms with Gasteiger partial charge in [0, 0.05) is 6.54 Å². The highest BCUT2D eigenvalue weighted by molar-refractivity contribution is 6.01. The number of carbonyl (C=O) groups excluding carboxylic acids is 2. The molecule has 148 valence electrons. The van der Waals surface area contributed by atoms with E-state index in [0.29, 0.717) is 36.6 Å². The zero-order valence-electron chi connectivity index (χ0n) is 16.8. The Labute approximate surface area is 160 Å². The molecule has 2 heterocycles. The highest BCUT2D eigenvalue weighted by atomic mass is 16.6. The van der Waals surface area contributed by atoms with Crippen LogP contribution >= 0.6 is 0 Å². The Morgan fingerprint density at radius 1 is 1.33 bits per heavy atom. The molecule has 3 rings (SSSR count). The lowest BCUT2D eigenvalue weighted by atomic mass is 9.93. The summed E-state index contributed by atoms with van der Waals surface area (Å²) in [5.41, 5.74) is -0.523. The van der Waals surface area contributed by atoms with E-state index in [2.05, 4.69) is 0 Å². The number of hydrogen-bond acceptors (Lipinski definition) is 5. The molecular weight excluding hydrogens is 346 g/mol. The van der Waals surface area contributed by atoms with E-state index >= 15 is 0 Å². The summed E-state index contributed by atoms with van der Waals surface area (Å²) >= 11 is 0. The molecule has 0 saturated carbocycles. The number of likely N-dealkylation sites (tertiary alicyclic amines) is 1. The molecule has 1 amide bonds. The van der Waals surface area contributed by atoms with Crippen molar-refractivity contribution in [3.8, 4) is 11.5 Å². The van der Waals surface area contributed by atoms with E-state index in [1.165, 1.54) is 0 Å². The summed E-state index contributed by atoms with van der Waals surface area (Å²) in [6.07, 6.45) is 1.82. The third kappa shape index (κ3) is 4.54. The number of para-hydroxylation sites is 1. The number of hydrogen-bond donors (Lipinski definition) is 0. The second-order valence-electron chi connectivity index (χ2n) is 8.88. The number of Topliss-reactive ketones (excluding diaryl/α,β-unsaturated/α-hetero) is 1. The molecule has 0 N–H and O–H groups in total. The molecule has 1 aromatic carbocycles. The van der Waals surface area contributed by atoms with Gasteiger partial charge < -0.3 is 19.1 Å². The van der Waals surface area contributed by atoms with E-state index in [0.717, 1.165) is 12.8 Å². The van der Waals surface area contributed by atoms with Gasteiger partial charge in [-0.15, -0.1) is 0 Å². The molecule has 1 unspecified atom stereocenters. The fourth-order valence-electron chi connectivity index (χ4n) is 3.50. The van der Waals surface area contributed by atoms with Crippen molar-refractivity contribution in [1.29, 1.82) is 0 Å². The number of carbonyl (C=O) groups is 2. The van der Waals surface area contributed by atoms with Crippen molar-refractivity contribution in [1.82, 2.24) is 4.90 Å². The van der Waals surface area contributed by atoms with Crippen LogP contribution in [0.4, 0.5) is 4.79 Å². The first kappa shape index (κ1) is 19.5. The molecule has 1 saturated heterocycles. The molecule has 2 aliphatic rings. The van der Waals surface area contributed by atoms with Gasteiger partial charge in [-0.2, -0.15) is 0 Å². The Morgan fingerprint density at radius 3 is 2.78 bits per heavy atom. The summed E-state index contributed by atoms with van der Waals surface area (Å²) in [7, 11) is 0. The summed E-state index contributed by atoms with van der Waals surface area (Å²) in [5, 5.41) is 0. The zero-order valence-corrected chi connectivity index (χ0v) is 16.8. The number of fused-ring (bicyclic) bond motifs is 1. The number of benzene rings is 1. The van der Waals surface area contributed by atoms with Crippen molar-refractivity contribution in [2.24, 2.45) is 0 Å². The standard InChI is InChI=1S/C21H29NO5/c1-20(2,3)27-19(24)22-11-7-8-14(22)13-25-17-10-6-9-15-16(23)12-21(4,5)26-18(15)17/h6,9-10,14H,7-8,11-13H2,1-5H3. The maximum atomic E-state index is 12.4. The fraction of sp³-hybridized carbons (Fsp3) is 0.619. The van der Waals surface area contributed by atoms with Gasteiger partial charge in [-0.25, -0.2) is 4.79 Å². The average Bonchev–Trinajstić information content (AvgIpc) is 2.99. The van der Waals surface area contributed by atoms with E-state index in [-0.39, 0.29) is 17.9 Å². The van der Waals surface area contributed by atoms with Crippen molar-refractivity contribution in [3.05, 3.63) is 23.8 Å². The van der Waals surface area contributed by atoms with Crippen molar-refractivity contribution < 1.29 is 23.8 Å². The molecular formula is C21H29NO5. The second-order valence-corrected chi connectivity index (χ2v) is 8.88. The van der Waals surface area contributed by atoms with Crippen LogP contribution in [0, 0.1) is 0 Å². The maximum absolute atomic E-state index is 12.4. The number of nitrogens with zero attached hydrogens (tertiary/aromatic N) is 1. The lowest BCUT2D eigenvalue weighted by Gasteiger charge is -2.33. The molecule has 1 fully saturated rings. The highest BCUT2D eigenvalue weighted by Crippen LogP contribution is 2.40. The maximum Gasteiger partial charge on any atom is 0.410 e. The topological polar surface area (TPSA) is 65.1 Å². The van der Waals surface area contributed by atoms with Crippen molar-refractivity contribution >= 4 is 11.9 Å². The van der Waals surface area contributed by atoms with Crippen LogP contribution in [0.25, 0.3) is 0 Å². The lowest BCUT2D eigenvalue weighted by Crippen LogP contribution is -2.42. The van der Waals surface area contributed by atoms with Crippen LogP contribution in [0.2, 0.25) is 0 Å². The monoisotopic (exact) mass is 375 g/mol. The average molecular weight is 375 g/mol. The minimum Gasteiger partial charge on any atom is -0.488 e. The van der Waals surface area contributed by atoms with E-state index in [1.54, 1.807) is 23.1 Å². The van der Waals surface area contributed by atoms with Crippen LogP contribution in [0.1, 0.15) is 64.2 Å². The lowest BCUT2D eigenvalue weighted by molar-refractivity contribution is 0.0184. The van der Waals surface area contributed by atoms with Gasteiger partial charge in [0.1, 0.15) is 17.8 Å². The molecule has 6 heteroatoms. The number of rotatable bonds is 3. The van der Waals surface area contributed by atoms with Gasteiger partial charge in [-0.05, 0) is 59.6 Å². The van der Waals surface area contributed by atoms with Crippen molar-refractivity contribution in [2.45, 2.75) is 71.1 Å². The largest absolute Gasteiger partial charge is 0.488 e. The summed E-state index contributed by atoms with van der Waals surface area (Å²) in [5.74, 6) is 1.10. The molecule has 1 aromatic rings. The quantitative estimate of drug-likeness (QED) is 0.792.